The number of amides is 1. The number of ether oxygens (including phenoxy) is 1. The van der Waals surface area contributed by atoms with Gasteiger partial charge in [-0.25, -0.2) is 0 Å². The predicted octanol–water partition coefficient (Wildman–Crippen LogP) is 0.0508. The first kappa shape index (κ1) is 7.30. The number of hydrogen-bond acceptors (Lipinski definition) is 4. The zero-order valence-corrected chi connectivity index (χ0v) is 6.66. The molecule has 5 heteroatoms. The third-order valence-corrected chi connectivity index (χ3v) is 1.22. The van der Waals surface area contributed by atoms with Crippen LogP contribution < -0.4 is 5.32 Å². The van der Waals surface area contributed by atoms with Gasteiger partial charge in [-0.15, -0.1) is 0 Å². The number of hydrogen-bond donors (Lipinski definition) is 1. The van der Waals surface area contributed by atoms with E-state index in [1.807, 2.05) is 0 Å². The molecule has 0 saturated carbocycles. The molecular formula is C7H10N2O3. The Morgan fingerprint density at radius 1 is 2.00 bits per heavy atom. The largest absolute Gasteiger partial charge is 0.383 e. The molecule has 0 spiro atoms. The molecule has 0 fully saturated rings. The summed E-state index contributed by atoms with van der Waals surface area (Å²) in [5.41, 5.74) is 0.112. The zero-order valence-electron chi connectivity index (χ0n) is 7.66. The highest BCUT2D eigenvalue weighted by molar-refractivity contribution is 5.91. The van der Waals surface area contributed by atoms with E-state index in [1.165, 1.54) is 6.07 Å². The van der Waals surface area contributed by atoms with Gasteiger partial charge >= 0.3 is 0 Å². The highest BCUT2D eigenvalue weighted by Crippen LogP contribution is 1.92. The van der Waals surface area contributed by atoms with Crippen LogP contribution in [0.3, 0.4) is 0 Å². The molecule has 0 aliphatic heterocycles. The Balaban J connectivity index is 2.40. The van der Waals surface area contributed by atoms with Gasteiger partial charge in [0.15, 0.2) is 5.69 Å². The van der Waals surface area contributed by atoms with Crippen molar-refractivity contribution in [1.82, 2.24) is 10.5 Å². The van der Waals surface area contributed by atoms with Crippen LogP contribution in [0.4, 0.5) is 0 Å². The molecule has 12 heavy (non-hydrogen) atoms. The van der Waals surface area contributed by atoms with Crippen molar-refractivity contribution in [3.8, 4) is 0 Å². The van der Waals surface area contributed by atoms with Crippen LogP contribution in [0, 0.1) is 0 Å². The summed E-state index contributed by atoms with van der Waals surface area (Å²) in [7, 11) is 1.55. The second-order valence-electron chi connectivity index (χ2n) is 2.08. The molecule has 0 saturated heterocycles. The number of carbonyl (C=O) groups is 1. The summed E-state index contributed by atoms with van der Waals surface area (Å²) in [6.07, 6.45) is -0.128. The minimum absolute atomic E-state index is 0.112. The summed E-state index contributed by atoms with van der Waals surface area (Å²) in [6, 6.07) is 1.25. The monoisotopic (exact) mass is 172 g/mol. The lowest BCUT2D eigenvalue weighted by Gasteiger charge is -1.99. The van der Waals surface area contributed by atoms with E-state index in [0.717, 1.165) is 0 Å². The van der Waals surface area contributed by atoms with E-state index >= 15 is 0 Å². The summed E-state index contributed by atoms with van der Waals surface area (Å²) < 4.78 is 16.1. The average molecular weight is 172 g/mol. The summed E-state index contributed by atoms with van der Waals surface area (Å²) in [4.78, 5) is 11.2. The first-order chi connectivity index (χ1) is 6.24. The maximum Gasteiger partial charge on any atom is 0.273 e. The molecule has 5 nitrogen and oxygen atoms in total. The van der Waals surface area contributed by atoms with Crippen LogP contribution in [0.25, 0.3) is 0 Å². The van der Waals surface area contributed by atoms with Gasteiger partial charge in [-0.2, -0.15) is 0 Å². The van der Waals surface area contributed by atoms with Gasteiger partial charge in [0.1, 0.15) is 7.61 Å². The van der Waals surface area contributed by atoms with Crippen LogP contribution in [-0.2, 0) is 4.74 Å². The molecule has 1 aromatic heterocycles. The Bertz CT molecular complexity index is 287. The van der Waals surface area contributed by atoms with Crippen molar-refractivity contribution in [3.63, 3.8) is 0 Å². The third kappa shape index (κ3) is 2.35. The van der Waals surface area contributed by atoms with Gasteiger partial charge in [0, 0.05) is 19.7 Å². The Kier molecular flexibility index (Phi) is 2.74. The van der Waals surface area contributed by atoms with Crippen LogP contribution in [0.1, 0.15) is 11.9 Å². The summed E-state index contributed by atoms with van der Waals surface area (Å²) >= 11 is 0. The van der Waals surface area contributed by atoms with Crippen LogP contribution in [-0.4, -0.2) is 31.3 Å². The standard InChI is InChI=1S/C7H10N2O3/c1-11-5-3-8-7(10)6-2-4-12-9-6/h2,4H,3,5H2,1H3,(H,8,10)/i4T. The molecule has 1 amide bonds. The number of methoxy groups -OCH3 is 1. The van der Waals surface area contributed by atoms with E-state index < -0.39 is 0 Å². The van der Waals surface area contributed by atoms with Crippen molar-refractivity contribution < 1.29 is 15.4 Å². The normalized spacial score (nSPS) is 10.9. The van der Waals surface area contributed by atoms with Crippen LogP contribution >= 0.6 is 0 Å². The molecule has 1 heterocycles. The van der Waals surface area contributed by atoms with Gasteiger partial charge < -0.3 is 14.6 Å². The first-order valence-electron chi connectivity index (χ1n) is 3.94. The molecule has 0 aromatic carbocycles. The minimum Gasteiger partial charge on any atom is -0.383 e. The van der Waals surface area contributed by atoms with Gasteiger partial charge in [-0.1, -0.05) is 5.16 Å². The highest BCUT2D eigenvalue weighted by Gasteiger charge is 2.06. The maximum absolute atomic E-state index is 11.2. The van der Waals surface area contributed by atoms with Crippen molar-refractivity contribution in [2.24, 2.45) is 0 Å². The Morgan fingerprint density at radius 3 is 3.42 bits per heavy atom. The number of nitrogens with one attached hydrogen (secondary N) is 1. The SMILES string of the molecule is [3H]c1cc(C(=O)NCCOC)no1. The van der Waals surface area contributed by atoms with Crippen LogP contribution in [0.5, 0.6) is 0 Å². The lowest BCUT2D eigenvalue weighted by Crippen LogP contribution is -2.27. The van der Waals surface area contributed by atoms with Crippen molar-refractivity contribution in [3.05, 3.63) is 18.0 Å². The van der Waals surface area contributed by atoms with Gasteiger partial charge in [-0.05, 0) is 0 Å². The zero-order chi connectivity index (χ0) is 9.68. The molecule has 1 aromatic rings. The van der Waals surface area contributed by atoms with E-state index in [0.29, 0.717) is 13.2 Å². The molecule has 0 atom stereocenters. The molecule has 0 unspecified atom stereocenters. The van der Waals surface area contributed by atoms with Crippen molar-refractivity contribution in [2.45, 2.75) is 0 Å². The minimum atomic E-state index is -0.362. The molecular weight excluding hydrogens is 160 g/mol. The fraction of sp³-hybridized carbons (Fsp3) is 0.429. The third-order valence-electron chi connectivity index (χ3n) is 1.22. The van der Waals surface area contributed by atoms with Gasteiger partial charge in [-0.3, -0.25) is 4.79 Å². The van der Waals surface area contributed by atoms with Crippen molar-refractivity contribution in [2.75, 3.05) is 20.3 Å². The maximum atomic E-state index is 11.2. The highest BCUT2D eigenvalue weighted by atomic mass is 16.5. The molecule has 66 valence electrons. The Morgan fingerprint density at radius 2 is 2.83 bits per heavy atom. The summed E-state index contributed by atoms with van der Waals surface area (Å²) in [6.45, 7) is 0.854. The van der Waals surface area contributed by atoms with Gasteiger partial charge in [0.05, 0.1) is 6.61 Å². The fourth-order valence-electron chi connectivity index (χ4n) is 0.648. The molecule has 1 N–H and O–H groups in total. The first-order valence-corrected chi connectivity index (χ1v) is 3.44. The van der Waals surface area contributed by atoms with E-state index in [2.05, 4.69) is 15.0 Å². The second-order valence-corrected chi connectivity index (χ2v) is 2.08. The number of aromatic nitrogens is 1. The number of nitrogens with zero attached hydrogens (tertiary/aromatic N) is 1. The predicted molar refractivity (Wildman–Crippen MR) is 40.7 cm³/mol. The topological polar surface area (TPSA) is 64.4 Å². The molecule has 0 aliphatic carbocycles. The number of rotatable bonds is 4. The Hall–Kier alpha value is -1.36. The lowest BCUT2D eigenvalue weighted by molar-refractivity contribution is 0.0928. The number of carbonyl (C=O) groups excluding carboxylic acids is 1. The fourth-order valence-corrected chi connectivity index (χ4v) is 0.648. The summed E-state index contributed by atoms with van der Waals surface area (Å²) in [5, 5.41) is 5.92. The average Bonchev–Trinajstić information content (AvgIpc) is 2.52. The lowest BCUT2D eigenvalue weighted by atomic mass is 10.4. The second kappa shape index (κ2) is 4.50. The smallest absolute Gasteiger partial charge is 0.273 e. The molecule has 0 aliphatic rings. The molecule has 0 radical (unpaired) electrons. The Labute approximate surface area is 71.1 Å². The van der Waals surface area contributed by atoms with Crippen LogP contribution in [0.15, 0.2) is 16.8 Å². The molecule has 1 rings (SSSR count). The van der Waals surface area contributed by atoms with Gasteiger partial charge in [0.2, 0.25) is 0 Å². The summed E-state index contributed by atoms with van der Waals surface area (Å²) in [5.74, 6) is -0.362. The van der Waals surface area contributed by atoms with E-state index in [9.17, 15) is 4.79 Å². The van der Waals surface area contributed by atoms with E-state index in [-0.39, 0.29) is 17.8 Å². The molecule has 0 bridgehead atoms. The van der Waals surface area contributed by atoms with Crippen LogP contribution in [0.2, 0.25) is 0 Å². The quantitative estimate of drug-likeness (QED) is 0.652. The van der Waals surface area contributed by atoms with E-state index in [1.54, 1.807) is 7.11 Å². The van der Waals surface area contributed by atoms with Crippen molar-refractivity contribution >= 4 is 5.91 Å². The van der Waals surface area contributed by atoms with Crippen molar-refractivity contribution in [1.29, 1.82) is 0 Å². The van der Waals surface area contributed by atoms with Gasteiger partial charge in [0.25, 0.3) is 5.91 Å². The van der Waals surface area contributed by atoms with E-state index in [4.69, 9.17) is 6.11 Å².